The molecule has 1 fully saturated rings. The summed E-state index contributed by atoms with van der Waals surface area (Å²) in [5, 5.41) is 0. The van der Waals surface area contributed by atoms with Gasteiger partial charge in [-0.05, 0) is 46.1 Å². The molecule has 1 aliphatic rings. The van der Waals surface area contributed by atoms with Crippen LogP contribution in [-0.4, -0.2) is 28.6 Å². The lowest BCUT2D eigenvalue weighted by Gasteiger charge is -2.28. The fourth-order valence-electron chi connectivity index (χ4n) is 2.23. The minimum atomic E-state index is -0.223. The number of carbonyl (C=O) groups excluding carboxylic acids is 1. The second-order valence-corrected chi connectivity index (χ2v) is 5.80. The minimum absolute atomic E-state index is 0.0823. The Bertz CT molecular complexity index is 412. The van der Waals surface area contributed by atoms with Gasteiger partial charge in [-0.25, -0.2) is 4.79 Å². The third kappa shape index (κ3) is 2.86. The van der Waals surface area contributed by atoms with Crippen LogP contribution in [0.3, 0.4) is 0 Å². The summed E-state index contributed by atoms with van der Waals surface area (Å²) in [6, 6.07) is 3.75. The number of likely N-dealkylation sites (tertiary alicyclic amines) is 1. The fourth-order valence-corrected chi connectivity index (χ4v) is 2.23. The van der Waals surface area contributed by atoms with Gasteiger partial charge in [0.25, 0.3) is 0 Å². The number of amides is 1. The van der Waals surface area contributed by atoms with Gasteiger partial charge in [-0.1, -0.05) is 0 Å². The summed E-state index contributed by atoms with van der Waals surface area (Å²) in [4.78, 5) is 13.8. The summed E-state index contributed by atoms with van der Waals surface area (Å²) in [5.74, 6) is 0.623. The van der Waals surface area contributed by atoms with Crippen LogP contribution in [0.15, 0.2) is 18.3 Å². The van der Waals surface area contributed by atoms with Crippen LogP contribution in [0, 0.1) is 0 Å². The summed E-state index contributed by atoms with van der Waals surface area (Å²) >= 11 is 0. The molecule has 0 aliphatic carbocycles. The molecule has 1 aromatic heterocycles. The standard InChI is InChI=1S/C14H22N2O2/c1-14(2,3)16-11-7-8-12(16)18-13(17)15-9-5-4-6-10-15/h7-8,11H,4-6,9-10H2,1-3H3. The van der Waals surface area contributed by atoms with E-state index in [2.05, 4.69) is 20.8 Å². The second-order valence-electron chi connectivity index (χ2n) is 5.80. The van der Waals surface area contributed by atoms with Gasteiger partial charge < -0.3 is 14.2 Å². The van der Waals surface area contributed by atoms with E-state index in [1.54, 1.807) is 4.90 Å². The Morgan fingerprint density at radius 3 is 2.50 bits per heavy atom. The number of aromatic nitrogens is 1. The van der Waals surface area contributed by atoms with E-state index in [1.165, 1.54) is 6.42 Å². The Morgan fingerprint density at radius 2 is 1.89 bits per heavy atom. The quantitative estimate of drug-likeness (QED) is 0.767. The molecule has 1 amide bonds. The lowest BCUT2D eigenvalue weighted by atomic mass is 10.1. The molecule has 18 heavy (non-hydrogen) atoms. The van der Waals surface area contributed by atoms with E-state index in [0.29, 0.717) is 5.88 Å². The van der Waals surface area contributed by atoms with Crippen LogP contribution in [-0.2, 0) is 5.54 Å². The Kier molecular flexibility index (Phi) is 3.64. The molecule has 0 N–H and O–H groups in total. The van der Waals surface area contributed by atoms with Crippen LogP contribution < -0.4 is 4.74 Å². The number of ether oxygens (including phenoxy) is 1. The SMILES string of the molecule is CC(C)(C)n1cccc1OC(=O)N1CCCCC1. The van der Waals surface area contributed by atoms with Gasteiger partial charge >= 0.3 is 6.09 Å². The third-order valence-corrected chi connectivity index (χ3v) is 3.24. The number of hydrogen-bond acceptors (Lipinski definition) is 2. The number of carbonyl (C=O) groups is 1. The van der Waals surface area contributed by atoms with Crippen LogP contribution in [0.25, 0.3) is 0 Å². The van der Waals surface area contributed by atoms with E-state index in [1.807, 2.05) is 22.9 Å². The molecule has 4 heteroatoms. The number of rotatable bonds is 1. The molecule has 4 nitrogen and oxygen atoms in total. The topological polar surface area (TPSA) is 34.5 Å². The summed E-state index contributed by atoms with van der Waals surface area (Å²) < 4.78 is 7.48. The maximum atomic E-state index is 12.0. The smallest absolute Gasteiger partial charge is 0.393 e. The van der Waals surface area contributed by atoms with Gasteiger partial charge in [-0.15, -0.1) is 0 Å². The molecule has 0 aromatic carbocycles. The van der Waals surface area contributed by atoms with Gasteiger partial charge in [0.2, 0.25) is 5.88 Å². The molecule has 1 saturated heterocycles. The lowest BCUT2D eigenvalue weighted by Crippen LogP contribution is -2.38. The zero-order valence-electron chi connectivity index (χ0n) is 11.5. The highest BCUT2D eigenvalue weighted by molar-refractivity contribution is 5.70. The van der Waals surface area contributed by atoms with Crippen molar-refractivity contribution >= 4 is 6.09 Å². The van der Waals surface area contributed by atoms with Crippen LogP contribution >= 0.6 is 0 Å². The van der Waals surface area contributed by atoms with Crippen molar-refractivity contribution in [1.82, 2.24) is 9.47 Å². The molecule has 2 heterocycles. The van der Waals surface area contributed by atoms with Crippen molar-refractivity contribution in [3.05, 3.63) is 18.3 Å². The van der Waals surface area contributed by atoms with E-state index >= 15 is 0 Å². The second kappa shape index (κ2) is 5.04. The Labute approximate surface area is 109 Å². The largest absolute Gasteiger partial charge is 0.416 e. The highest BCUT2D eigenvalue weighted by Crippen LogP contribution is 2.24. The monoisotopic (exact) mass is 250 g/mol. The Morgan fingerprint density at radius 1 is 1.22 bits per heavy atom. The Balaban J connectivity index is 2.05. The van der Waals surface area contributed by atoms with Crippen molar-refractivity contribution in [2.45, 2.75) is 45.6 Å². The van der Waals surface area contributed by atoms with Gasteiger partial charge in [0.15, 0.2) is 0 Å². The number of hydrogen-bond donors (Lipinski definition) is 0. The van der Waals surface area contributed by atoms with Crippen molar-refractivity contribution < 1.29 is 9.53 Å². The highest BCUT2D eigenvalue weighted by atomic mass is 16.6. The van der Waals surface area contributed by atoms with E-state index in [-0.39, 0.29) is 11.6 Å². The van der Waals surface area contributed by atoms with E-state index < -0.39 is 0 Å². The molecule has 0 unspecified atom stereocenters. The van der Waals surface area contributed by atoms with Gasteiger partial charge in [0.1, 0.15) is 0 Å². The third-order valence-electron chi connectivity index (χ3n) is 3.24. The number of piperidine rings is 1. The van der Waals surface area contributed by atoms with Crippen molar-refractivity contribution in [3.8, 4) is 5.88 Å². The van der Waals surface area contributed by atoms with Gasteiger partial charge in [-0.2, -0.15) is 0 Å². The fraction of sp³-hybridized carbons (Fsp3) is 0.643. The first-order valence-electron chi connectivity index (χ1n) is 6.63. The van der Waals surface area contributed by atoms with E-state index in [0.717, 1.165) is 25.9 Å². The van der Waals surface area contributed by atoms with Crippen LogP contribution in [0.5, 0.6) is 5.88 Å². The highest BCUT2D eigenvalue weighted by Gasteiger charge is 2.22. The molecule has 0 radical (unpaired) electrons. The lowest BCUT2D eigenvalue weighted by molar-refractivity contribution is 0.137. The first-order chi connectivity index (χ1) is 8.48. The summed E-state index contributed by atoms with van der Waals surface area (Å²) in [5.41, 5.74) is -0.0823. The average Bonchev–Trinajstić information content (AvgIpc) is 2.78. The first-order valence-corrected chi connectivity index (χ1v) is 6.63. The normalized spacial score (nSPS) is 16.7. The Hall–Kier alpha value is -1.45. The predicted molar refractivity (Wildman–Crippen MR) is 70.9 cm³/mol. The van der Waals surface area contributed by atoms with Gasteiger partial charge in [-0.3, -0.25) is 0 Å². The first kappa shape index (κ1) is 13.0. The van der Waals surface area contributed by atoms with Crippen LogP contribution in [0.2, 0.25) is 0 Å². The molecule has 2 rings (SSSR count). The van der Waals surface area contributed by atoms with Gasteiger partial charge in [0.05, 0.1) is 0 Å². The summed E-state index contributed by atoms with van der Waals surface area (Å²) in [7, 11) is 0. The molecular formula is C14H22N2O2. The zero-order valence-corrected chi connectivity index (χ0v) is 11.5. The van der Waals surface area contributed by atoms with E-state index in [9.17, 15) is 4.79 Å². The summed E-state index contributed by atoms with van der Waals surface area (Å²) in [6.07, 6.45) is 5.09. The van der Waals surface area contributed by atoms with Crippen molar-refractivity contribution in [2.75, 3.05) is 13.1 Å². The van der Waals surface area contributed by atoms with Gasteiger partial charge in [0, 0.05) is 30.9 Å². The molecule has 1 aliphatic heterocycles. The maximum absolute atomic E-state index is 12.0. The van der Waals surface area contributed by atoms with E-state index in [4.69, 9.17) is 4.74 Å². The molecule has 0 bridgehead atoms. The molecule has 0 atom stereocenters. The molecular weight excluding hydrogens is 228 g/mol. The van der Waals surface area contributed by atoms with Crippen molar-refractivity contribution in [1.29, 1.82) is 0 Å². The summed E-state index contributed by atoms with van der Waals surface area (Å²) in [6.45, 7) is 7.89. The van der Waals surface area contributed by atoms with Crippen molar-refractivity contribution in [3.63, 3.8) is 0 Å². The zero-order chi connectivity index (χ0) is 13.2. The van der Waals surface area contributed by atoms with Crippen LogP contribution in [0.1, 0.15) is 40.0 Å². The van der Waals surface area contributed by atoms with Crippen molar-refractivity contribution in [2.24, 2.45) is 0 Å². The average molecular weight is 250 g/mol. The predicted octanol–water partition coefficient (Wildman–Crippen LogP) is 3.23. The molecule has 0 saturated carbocycles. The number of nitrogens with zero attached hydrogens (tertiary/aromatic N) is 2. The molecule has 0 spiro atoms. The molecule has 100 valence electrons. The minimum Gasteiger partial charge on any atom is -0.393 e. The van der Waals surface area contributed by atoms with Crippen LogP contribution in [0.4, 0.5) is 4.79 Å². The maximum Gasteiger partial charge on any atom is 0.416 e. The molecule has 1 aromatic rings.